The van der Waals surface area contributed by atoms with Crippen molar-refractivity contribution in [3.05, 3.63) is 0 Å². The average molecular weight is 272 g/mol. The van der Waals surface area contributed by atoms with E-state index in [2.05, 4.69) is 10.5 Å². The van der Waals surface area contributed by atoms with Crippen molar-refractivity contribution in [2.24, 2.45) is 5.16 Å². The molecule has 19 heavy (non-hydrogen) atoms. The van der Waals surface area contributed by atoms with Crippen LogP contribution < -0.4 is 5.32 Å². The fourth-order valence-corrected chi connectivity index (χ4v) is 1.52. The van der Waals surface area contributed by atoms with Crippen molar-refractivity contribution in [1.29, 1.82) is 0 Å². The van der Waals surface area contributed by atoms with Crippen molar-refractivity contribution in [1.82, 2.24) is 5.32 Å². The number of oxime groups is 1. The average Bonchev–Trinajstić information content (AvgIpc) is 2.82. The van der Waals surface area contributed by atoms with Gasteiger partial charge in [0, 0.05) is 19.6 Å². The van der Waals surface area contributed by atoms with Gasteiger partial charge in [-0.25, -0.2) is 4.79 Å². The molecule has 0 aromatic rings. The molecule has 1 atom stereocenters. The Bertz CT molecular complexity index is 354. The lowest BCUT2D eigenvalue weighted by Gasteiger charge is -2.10. The topological polar surface area (TPSA) is 97.2 Å². The zero-order valence-electron chi connectivity index (χ0n) is 11.2. The number of rotatable bonds is 8. The molecule has 0 radical (unpaired) electrons. The highest BCUT2D eigenvalue weighted by molar-refractivity contribution is 6.36. The highest BCUT2D eigenvalue weighted by Crippen LogP contribution is 2.10. The van der Waals surface area contributed by atoms with Gasteiger partial charge >= 0.3 is 5.97 Å². The first-order valence-electron chi connectivity index (χ1n) is 6.36. The standard InChI is InChI=1S/C12H20N2O5/c1-8(2)18-6-4-3-5-13-11(15)10-7-9(12(16)17)14-19-10/h8,10H,3-7H2,1-2H3,(H,13,15)(H,16,17). The zero-order chi connectivity index (χ0) is 14.3. The van der Waals surface area contributed by atoms with Crippen LogP contribution in [-0.4, -0.2) is 48.1 Å². The third-order valence-electron chi connectivity index (χ3n) is 2.53. The van der Waals surface area contributed by atoms with E-state index in [-0.39, 0.29) is 24.1 Å². The summed E-state index contributed by atoms with van der Waals surface area (Å²) in [4.78, 5) is 27.0. The van der Waals surface area contributed by atoms with E-state index in [0.717, 1.165) is 12.8 Å². The number of nitrogens with zero attached hydrogens (tertiary/aromatic N) is 1. The highest BCUT2D eigenvalue weighted by Gasteiger charge is 2.31. The number of hydrogen-bond donors (Lipinski definition) is 2. The second-order valence-corrected chi connectivity index (χ2v) is 4.56. The van der Waals surface area contributed by atoms with Crippen molar-refractivity contribution in [2.45, 2.75) is 45.3 Å². The molecule has 1 aliphatic rings. The number of nitrogens with one attached hydrogen (secondary N) is 1. The largest absolute Gasteiger partial charge is 0.477 e. The maximum absolute atomic E-state index is 11.6. The second-order valence-electron chi connectivity index (χ2n) is 4.56. The first-order valence-corrected chi connectivity index (χ1v) is 6.36. The Labute approximate surface area is 111 Å². The van der Waals surface area contributed by atoms with Crippen LogP contribution in [0.1, 0.15) is 33.1 Å². The van der Waals surface area contributed by atoms with Crippen LogP contribution >= 0.6 is 0 Å². The third kappa shape index (κ3) is 5.69. The molecule has 0 saturated heterocycles. The number of unbranched alkanes of at least 4 members (excludes halogenated alkanes) is 1. The highest BCUT2D eigenvalue weighted by atomic mass is 16.6. The Hall–Kier alpha value is -1.63. The van der Waals surface area contributed by atoms with Crippen LogP contribution in [0.25, 0.3) is 0 Å². The molecule has 0 aliphatic carbocycles. The summed E-state index contributed by atoms with van der Waals surface area (Å²) >= 11 is 0. The number of amides is 1. The SMILES string of the molecule is CC(C)OCCCCNC(=O)C1CC(C(=O)O)=NO1. The summed E-state index contributed by atoms with van der Waals surface area (Å²) in [6, 6.07) is 0. The van der Waals surface area contributed by atoms with Gasteiger partial charge in [-0.05, 0) is 26.7 Å². The van der Waals surface area contributed by atoms with Gasteiger partial charge in [0.25, 0.3) is 5.91 Å². The molecule has 2 N–H and O–H groups in total. The van der Waals surface area contributed by atoms with E-state index in [0.29, 0.717) is 13.2 Å². The first-order chi connectivity index (χ1) is 9.00. The molecule has 0 aromatic heterocycles. The van der Waals surface area contributed by atoms with E-state index in [1.165, 1.54) is 0 Å². The molecule has 0 fully saturated rings. The fourth-order valence-electron chi connectivity index (χ4n) is 1.52. The Morgan fingerprint density at radius 1 is 1.53 bits per heavy atom. The van der Waals surface area contributed by atoms with Crippen LogP contribution in [0.4, 0.5) is 0 Å². The van der Waals surface area contributed by atoms with Crippen LogP contribution in [0.5, 0.6) is 0 Å². The van der Waals surface area contributed by atoms with Gasteiger partial charge < -0.3 is 20.0 Å². The monoisotopic (exact) mass is 272 g/mol. The van der Waals surface area contributed by atoms with Crippen molar-refractivity contribution in [2.75, 3.05) is 13.2 Å². The maximum atomic E-state index is 11.6. The van der Waals surface area contributed by atoms with Crippen LogP contribution in [0, 0.1) is 0 Å². The van der Waals surface area contributed by atoms with Crippen molar-refractivity contribution < 1.29 is 24.3 Å². The summed E-state index contributed by atoms with van der Waals surface area (Å²) < 4.78 is 5.37. The quantitative estimate of drug-likeness (QED) is 0.628. The number of carbonyl (C=O) groups excluding carboxylic acids is 1. The molecular formula is C12H20N2O5. The zero-order valence-corrected chi connectivity index (χ0v) is 11.2. The summed E-state index contributed by atoms with van der Waals surface area (Å²) in [6.45, 7) is 5.13. The van der Waals surface area contributed by atoms with Gasteiger partial charge in [-0.1, -0.05) is 5.16 Å². The number of hydrogen-bond acceptors (Lipinski definition) is 5. The molecular weight excluding hydrogens is 252 g/mol. The molecule has 1 amide bonds. The smallest absolute Gasteiger partial charge is 0.353 e. The molecule has 7 nitrogen and oxygen atoms in total. The number of aliphatic carboxylic acids is 1. The van der Waals surface area contributed by atoms with Crippen molar-refractivity contribution >= 4 is 17.6 Å². The fraction of sp³-hybridized carbons (Fsp3) is 0.750. The lowest BCUT2D eigenvalue weighted by atomic mass is 10.1. The summed E-state index contributed by atoms with van der Waals surface area (Å²) in [6.07, 6.45) is 1.07. The van der Waals surface area contributed by atoms with Gasteiger partial charge in [0.15, 0.2) is 5.71 Å². The molecule has 1 rings (SSSR count). The number of carbonyl (C=O) groups is 2. The molecule has 1 heterocycles. The van der Waals surface area contributed by atoms with Gasteiger partial charge in [0.1, 0.15) is 0 Å². The Kier molecular flexibility index (Phi) is 6.27. The molecule has 1 unspecified atom stereocenters. The molecule has 108 valence electrons. The molecule has 0 saturated carbocycles. The predicted molar refractivity (Wildman–Crippen MR) is 67.9 cm³/mol. The lowest BCUT2D eigenvalue weighted by Crippen LogP contribution is -2.35. The van der Waals surface area contributed by atoms with E-state index in [4.69, 9.17) is 14.7 Å². The first kappa shape index (κ1) is 15.4. The number of ether oxygens (including phenoxy) is 1. The minimum absolute atomic E-state index is 0.0115. The number of carboxylic acids is 1. The van der Waals surface area contributed by atoms with Gasteiger partial charge in [0.2, 0.25) is 6.10 Å². The molecule has 0 aromatic carbocycles. The van der Waals surface area contributed by atoms with E-state index in [1.807, 2.05) is 13.8 Å². The second kappa shape index (κ2) is 7.73. The van der Waals surface area contributed by atoms with Gasteiger partial charge in [0.05, 0.1) is 6.10 Å². The van der Waals surface area contributed by atoms with E-state index >= 15 is 0 Å². The molecule has 0 bridgehead atoms. The Morgan fingerprint density at radius 3 is 2.84 bits per heavy atom. The normalized spacial score (nSPS) is 18.1. The van der Waals surface area contributed by atoms with Gasteiger partial charge in [-0.15, -0.1) is 0 Å². The Balaban J connectivity index is 2.08. The van der Waals surface area contributed by atoms with Gasteiger partial charge in [-0.3, -0.25) is 4.79 Å². The molecule has 7 heteroatoms. The van der Waals surface area contributed by atoms with E-state index in [9.17, 15) is 9.59 Å². The van der Waals surface area contributed by atoms with Crippen LogP contribution in [0.2, 0.25) is 0 Å². The van der Waals surface area contributed by atoms with E-state index < -0.39 is 12.1 Å². The minimum Gasteiger partial charge on any atom is -0.477 e. The maximum Gasteiger partial charge on any atom is 0.353 e. The number of carboxylic acid groups (broad SMARTS) is 1. The molecule has 1 aliphatic heterocycles. The van der Waals surface area contributed by atoms with Crippen LogP contribution in [-0.2, 0) is 19.2 Å². The summed E-state index contributed by atoms with van der Waals surface area (Å²) in [5, 5.41) is 14.7. The van der Waals surface area contributed by atoms with Crippen molar-refractivity contribution in [3.8, 4) is 0 Å². The molecule has 0 spiro atoms. The third-order valence-corrected chi connectivity index (χ3v) is 2.53. The van der Waals surface area contributed by atoms with Gasteiger partial charge in [-0.2, -0.15) is 0 Å². The van der Waals surface area contributed by atoms with Crippen LogP contribution in [0.15, 0.2) is 5.16 Å². The minimum atomic E-state index is -1.15. The van der Waals surface area contributed by atoms with Crippen molar-refractivity contribution in [3.63, 3.8) is 0 Å². The summed E-state index contributed by atoms with van der Waals surface area (Å²) in [5.74, 6) is -1.48. The predicted octanol–water partition coefficient (Wildman–Crippen LogP) is 0.537. The Morgan fingerprint density at radius 2 is 2.26 bits per heavy atom. The van der Waals surface area contributed by atoms with Crippen LogP contribution in [0.3, 0.4) is 0 Å². The summed E-state index contributed by atoms with van der Waals surface area (Å²) in [7, 11) is 0. The van der Waals surface area contributed by atoms with E-state index in [1.54, 1.807) is 0 Å². The lowest BCUT2D eigenvalue weighted by molar-refractivity contribution is -0.131. The summed E-state index contributed by atoms with van der Waals surface area (Å²) in [5.41, 5.74) is -0.120.